The fourth-order valence-corrected chi connectivity index (χ4v) is 1.75. The van der Waals surface area contributed by atoms with Gasteiger partial charge >= 0.3 is 0 Å². The number of ether oxygens (including phenoxy) is 1. The first kappa shape index (κ1) is 10.4. The fourth-order valence-electron chi connectivity index (χ4n) is 1.75. The van der Waals surface area contributed by atoms with E-state index in [0.717, 1.165) is 0 Å². The van der Waals surface area contributed by atoms with Crippen LogP contribution in [0.1, 0.15) is 18.2 Å². The molecule has 1 aliphatic rings. The van der Waals surface area contributed by atoms with Crippen LogP contribution in [-0.4, -0.2) is 34.0 Å². The Balaban J connectivity index is 2.17. The number of nitrogens with one attached hydrogen (secondary N) is 1. The van der Waals surface area contributed by atoms with Gasteiger partial charge in [-0.2, -0.15) is 0 Å². The van der Waals surface area contributed by atoms with Gasteiger partial charge in [-0.05, 0) is 6.07 Å². The fraction of sp³-hybridized carbons (Fsp3) is 0.500. The lowest BCUT2D eigenvalue weighted by atomic mass is 10.1. The van der Waals surface area contributed by atoms with Crippen LogP contribution in [0.5, 0.6) is 0 Å². The molecule has 1 aromatic rings. The summed E-state index contributed by atoms with van der Waals surface area (Å²) in [6.07, 6.45) is -1.18. The molecule has 0 bridgehead atoms. The van der Waals surface area contributed by atoms with Gasteiger partial charge < -0.3 is 19.9 Å². The van der Waals surface area contributed by atoms with Gasteiger partial charge in [-0.25, -0.2) is 0 Å². The summed E-state index contributed by atoms with van der Waals surface area (Å²) in [5.41, 5.74) is 0.440. The quantitative estimate of drug-likeness (QED) is 0.619. The molecule has 0 unspecified atom stereocenters. The van der Waals surface area contributed by atoms with Crippen LogP contribution in [-0.2, 0) is 4.74 Å². The van der Waals surface area contributed by atoms with Crippen LogP contribution in [0.4, 0.5) is 0 Å². The van der Waals surface area contributed by atoms with Crippen molar-refractivity contribution in [3.8, 4) is 0 Å². The summed E-state index contributed by atoms with van der Waals surface area (Å²) >= 11 is 0. The largest absolute Gasteiger partial charge is 0.394 e. The van der Waals surface area contributed by atoms with E-state index in [4.69, 9.17) is 9.84 Å². The first-order valence-electron chi connectivity index (χ1n) is 4.84. The Morgan fingerprint density at radius 3 is 2.93 bits per heavy atom. The predicted octanol–water partition coefficient (Wildman–Crippen LogP) is -0.442. The first-order chi connectivity index (χ1) is 7.20. The topological polar surface area (TPSA) is 82.6 Å². The number of aromatic amines is 1. The van der Waals surface area contributed by atoms with Crippen molar-refractivity contribution in [2.24, 2.45) is 0 Å². The Labute approximate surface area is 86.3 Å². The molecule has 2 rings (SSSR count). The molecule has 3 atom stereocenters. The maximum atomic E-state index is 11.1. The lowest BCUT2D eigenvalue weighted by Gasteiger charge is -2.11. The van der Waals surface area contributed by atoms with Crippen LogP contribution in [0.2, 0.25) is 0 Å². The highest BCUT2D eigenvalue weighted by atomic mass is 16.5. The number of pyridine rings is 1. The SMILES string of the molecule is O=c1cccc([C@H]2C[C@H](O)[C@@H](CO)O2)[nH]1. The second-order valence-corrected chi connectivity index (χ2v) is 3.62. The number of aromatic nitrogens is 1. The zero-order chi connectivity index (χ0) is 10.8. The zero-order valence-corrected chi connectivity index (χ0v) is 8.09. The standard InChI is InChI=1S/C10H13NO4/c12-5-9-7(13)4-8(15-9)6-2-1-3-10(14)11-6/h1-3,7-9,12-13H,4-5H2,(H,11,14)/t7-,8+,9+/m0/s1. The third-order valence-corrected chi connectivity index (χ3v) is 2.54. The summed E-state index contributed by atoms with van der Waals surface area (Å²) in [7, 11) is 0. The summed E-state index contributed by atoms with van der Waals surface area (Å²) in [4.78, 5) is 13.7. The Morgan fingerprint density at radius 1 is 1.53 bits per heavy atom. The molecule has 5 nitrogen and oxygen atoms in total. The number of hydrogen-bond donors (Lipinski definition) is 3. The summed E-state index contributed by atoms with van der Waals surface area (Å²) in [6, 6.07) is 4.78. The monoisotopic (exact) mass is 211 g/mol. The number of aliphatic hydroxyl groups is 2. The summed E-state index contributed by atoms with van der Waals surface area (Å²) in [5, 5.41) is 18.4. The lowest BCUT2D eigenvalue weighted by Crippen LogP contribution is -2.24. The number of H-pyrrole nitrogens is 1. The molecule has 0 radical (unpaired) electrons. The van der Waals surface area contributed by atoms with Gasteiger partial charge in [0.1, 0.15) is 12.2 Å². The van der Waals surface area contributed by atoms with Crippen molar-refractivity contribution >= 4 is 0 Å². The van der Waals surface area contributed by atoms with Crippen molar-refractivity contribution in [2.75, 3.05) is 6.61 Å². The molecular formula is C10H13NO4. The molecule has 0 saturated carbocycles. The molecule has 3 N–H and O–H groups in total. The van der Waals surface area contributed by atoms with Gasteiger partial charge in [0.25, 0.3) is 0 Å². The van der Waals surface area contributed by atoms with Crippen molar-refractivity contribution in [3.63, 3.8) is 0 Å². The van der Waals surface area contributed by atoms with Crippen molar-refractivity contribution in [2.45, 2.75) is 24.7 Å². The molecule has 5 heteroatoms. The van der Waals surface area contributed by atoms with Gasteiger partial charge in [0.05, 0.1) is 12.7 Å². The Kier molecular flexibility index (Phi) is 2.86. The van der Waals surface area contributed by atoms with Crippen LogP contribution in [0.3, 0.4) is 0 Å². The van der Waals surface area contributed by atoms with E-state index in [1.54, 1.807) is 12.1 Å². The zero-order valence-electron chi connectivity index (χ0n) is 8.09. The van der Waals surface area contributed by atoms with E-state index in [0.29, 0.717) is 12.1 Å². The summed E-state index contributed by atoms with van der Waals surface area (Å²) in [6.45, 7) is -0.214. The maximum absolute atomic E-state index is 11.1. The van der Waals surface area contributed by atoms with Crippen molar-refractivity contribution < 1.29 is 14.9 Å². The molecule has 0 aliphatic carbocycles. The highest BCUT2D eigenvalue weighted by Crippen LogP contribution is 2.31. The highest BCUT2D eigenvalue weighted by Gasteiger charge is 2.34. The van der Waals surface area contributed by atoms with Gasteiger partial charge in [-0.15, -0.1) is 0 Å². The molecule has 1 saturated heterocycles. The van der Waals surface area contributed by atoms with Gasteiger partial charge in [0.2, 0.25) is 5.56 Å². The van der Waals surface area contributed by atoms with Crippen LogP contribution in [0.15, 0.2) is 23.0 Å². The summed E-state index contributed by atoms with van der Waals surface area (Å²) < 4.78 is 5.39. The van der Waals surface area contributed by atoms with Gasteiger partial charge in [-0.1, -0.05) is 6.07 Å². The molecule has 0 amide bonds. The normalized spacial score (nSPS) is 30.7. The molecule has 15 heavy (non-hydrogen) atoms. The van der Waals surface area contributed by atoms with Crippen LogP contribution in [0, 0.1) is 0 Å². The number of hydrogen-bond acceptors (Lipinski definition) is 4. The van der Waals surface area contributed by atoms with E-state index in [1.807, 2.05) is 0 Å². The van der Waals surface area contributed by atoms with Crippen LogP contribution < -0.4 is 5.56 Å². The molecular weight excluding hydrogens is 198 g/mol. The van der Waals surface area contributed by atoms with Crippen molar-refractivity contribution in [1.29, 1.82) is 0 Å². The van der Waals surface area contributed by atoms with Gasteiger partial charge in [0.15, 0.2) is 0 Å². The average molecular weight is 211 g/mol. The number of rotatable bonds is 2. The number of aliphatic hydroxyl groups excluding tert-OH is 2. The van der Waals surface area contributed by atoms with E-state index < -0.39 is 12.2 Å². The second kappa shape index (κ2) is 4.14. The van der Waals surface area contributed by atoms with Crippen LogP contribution >= 0.6 is 0 Å². The minimum atomic E-state index is -0.677. The van der Waals surface area contributed by atoms with Gasteiger partial charge in [-0.3, -0.25) is 4.79 Å². The molecule has 1 aromatic heterocycles. The average Bonchev–Trinajstić information content (AvgIpc) is 2.60. The van der Waals surface area contributed by atoms with Crippen molar-refractivity contribution in [3.05, 3.63) is 34.2 Å². The Bertz CT molecular complexity index is 389. The minimum Gasteiger partial charge on any atom is -0.394 e. The Hall–Kier alpha value is -1.17. The third-order valence-electron chi connectivity index (χ3n) is 2.54. The smallest absolute Gasteiger partial charge is 0.248 e. The molecule has 1 aliphatic heterocycles. The molecule has 0 aromatic carbocycles. The van der Waals surface area contributed by atoms with E-state index >= 15 is 0 Å². The van der Waals surface area contributed by atoms with Crippen molar-refractivity contribution in [1.82, 2.24) is 4.98 Å². The van der Waals surface area contributed by atoms with Gasteiger partial charge in [0, 0.05) is 18.2 Å². The van der Waals surface area contributed by atoms with E-state index in [-0.39, 0.29) is 18.3 Å². The first-order valence-corrected chi connectivity index (χ1v) is 4.84. The maximum Gasteiger partial charge on any atom is 0.248 e. The third kappa shape index (κ3) is 2.09. The predicted molar refractivity (Wildman–Crippen MR) is 52.4 cm³/mol. The lowest BCUT2D eigenvalue weighted by molar-refractivity contribution is -0.0236. The molecule has 0 spiro atoms. The van der Waals surface area contributed by atoms with E-state index in [9.17, 15) is 9.90 Å². The molecule has 1 fully saturated rings. The highest BCUT2D eigenvalue weighted by molar-refractivity contribution is 5.09. The van der Waals surface area contributed by atoms with Crippen LogP contribution in [0.25, 0.3) is 0 Å². The molecule has 82 valence electrons. The molecule has 2 heterocycles. The summed E-state index contributed by atoms with van der Waals surface area (Å²) in [5.74, 6) is 0. The van der Waals surface area contributed by atoms with E-state index in [2.05, 4.69) is 4.98 Å². The Morgan fingerprint density at radius 2 is 2.33 bits per heavy atom. The second-order valence-electron chi connectivity index (χ2n) is 3.62. The van der Waals surface area contributed by atoms with E-state index in [1.165, 1.54) is 6.07 Å². The minimum absolute atomic E-state index is 0.196.